The van der Waals surface area contributed by atoms with Crippen LogP contribution in [0, 0.1) is 5.92 Å². The third-order valence-corrected chi connectivity index (χ3v) is 2.31. The highest BCUT2D eigenvalue weighted by Gasteiger charge is 2.13. The van der Waals surface area contributed by atoms with Gasteiger partial charge in [0.15, 0.2) is 0 Å². The van der Waals surface area contributed by atoms with Gasteiger partial charge in [0.05, 0.1) is 7.95 Å². The first-order valence-electron chi connectivity index (χ1n) is 4.63. The summed E-state index contributed by atoms with van der Waals surface area (Å²) in [4.78, 5) is 0. The molecule has 1 unspecified atom stereocenters. The van der Waals surface area contributed by atoms with Crippen LogP contribution in [0.15, 0.2) is 23.8 Å². The monoisotopic (exact) mass is 153 g/mol. The van der Waals surface area contributed by atoms with Crippen LogP contribution in [0.3, 0.4) is 0 Å². The fourth-order valence-electron chi connectivity index (χ4n) is 1.42. The molecule has 11 heavy (non-hydrogen) atoms. The number of hydrogen-bond donors (Lipinski definition) is 1. The Kier molecular flexibility index (Phi) is 2.41. The Morgan fingerprint density at radius 2 is 2.73 bits per heavy atom. The second-order valence-electron chi connectivity index (χ2n) is 3.23. The van der Waals surface area contributed by atoms with Crippen molar-refractivity contribution >= 4 is 0 Å². The first-order valence-corrected chi connectivity index (χ1v) is 4.06. The molecule has 1 aliphatic carbocycles. The molecule has 0 bridgehead atoms. The van der Waals surface area contributed by atoms with Gasteiger partial charge in [-0.3, -0.25) is 0 Å². The zero-order valence-electron chi connectivity index (χ0n) is 8.01. The Morgan fingerprint density at radius 1 is 2.00 bits per heavy atom. The first kappa shape index (κ1) is 7.11. The quantitative estimate of drug-likeness (QED) is 0.603. The van der Waals surface area contributed by atoms with Crippen LogP contribution < -0.4 is 0 Å². The highest BCUT2D eigenvalue weighted by molar-refractivity contribution is 5.11. The van der Waals surface area contributed by atoms with E-state index in [1.807, 2.05) is 13.0 Å². The van der Waals surface area contributed by atoms with Gasteiger partial charge in [0.2, 0.25) is 0 Å². The molecule has 1 N–H and O–H groups in total. The van der Waals surface area contributed by atoms with Crippen molar-refractivity contribution < 1.29 is 6.48 Å². The Bertz CT molecular complexity index is 206. The van der Waals surface area contributed by atoms with E-state index in [1.165, 1.54) is 5.57 Å². The molecule has 0 saturated heterocycles. The summed E-state index contributed by atoms with van der Waals surface area (Å²) in [7, 11) is 0. The van der Waals surface area contributed by atoms with Crippen molar-refractivity contribution in [2.75, 3.05) is 6.58 Å². The van der Waals surface area contributed by atoms with E-state index in [0.29, 0.717) is 5.92 Å². The molecule has 0 heterocycles. The average molecular weight is 153 g/mol. The van der Waals surface area contributed by atoms with Crippen LogP contribution in [0.1, 0.15) is 27.6 Å². The number of aliphatic hydroxyl groups excluding tert-OH is 1. The molecule has 0 aromatic rings. The Labute approximate surface area is 69.8 Å². The van der Waals surface area contributed by atoms with Crippen LogP contribution in [-0.4, -0.2) is 11.7 Å². The van der Waals surface area contributed by atoms with Crippen LogP contribution in [-0.2, 0) is 0 Å². The van der Waals surface area contributed by atoms with Crippen molar-refractivity contribution in [3.05, 3.63) is 23.8 Å². The molecule has 1 rings (SSSR count). The summed E-state index contributed by atoms with van der Waals surface area (Å²) in [5.41, 5.74) is 2.08. The molecule has 1 heteroatoms. The van der Waals surface area contributed by atoms with Gasteiger partial charge in [-0.25, -0.2) is 0 Å². The van der Waals surface area contributed by atoms with Crippen LogP contribution in [0.4, 0.5) is 0 Å². The van der Waals surface area contributed by atoms with Gasteiger partial charge in [0.25, 0.3) is 0 Å². The van der Waals surface area contributed by atoms with Crippen LogP contribution in [0.5, 0.6) is 0 Å². The van der Waals surface area contributed by atoms with Crippen molar-refractivity contribution in [1.29, 1.82) is 0 Å². The molecule has 0 aromatic heterocycles. The van der Waals surface area contributed by atoms with Crippen LogP contribution >= 0.6 is 0 Å². The largest absolute Gasteiger partial charge is 0.392 e. The molecule has 62 valence electrons. The highest BCUT2D eigenvalue weighted by atomic mass is 16.3. The number of hydrogen-bond acceptors (Lipinski definition) is 1. The number of allylic oxidation sites excluding steroid dienone is 2. The van der Waals surface area contributed by atoms with E-state index in [4.69, 9.17) is 6.48 Å². The molecule has 2 atom stereocenters. The Balaban J connectivity index is 2.53. The lowest BCUT2D eigenvalue weighted by atomic mass is 9.86. The maximum absolute atomic E-state index is 8.98. The van der Waals surface area contributed by atoms with E-state index in [-0.39, 0.29) is 0 Å². The molecule has 0 radical (unpaired) electrons. The predicted octanol–water partition coefficient (Wildman–Crippen LogP) is 2.28. The molecule has 0 fully saturated rings. The van der Waals surface area contributed by atoms with Gasteiger partial charge < -0.3 is 5.11 Å². The van der Waals surface area contributed by atoms with Gasteiger partial charge in [-0.2, -0.15) is 0 Å². The molecular weight excluding hydrogens is 136 g/mol. The lowest BCUT2D eigenvalue weighted by molar-refractivity contribution is 0.319. The summed E-state index contributed by atoms with van der Waals surface area (Å²) in [6, 6.07) is 0. The summed E-state index contributed by atoms with van der Waals surface area (Å²) in [6.07, 6.45) is 4.82. The predicted molar refractivity (Wildman–Crippen MR) is 47.3 cm³/mol. The Hall–Kier alpha value is -0.560. The second kappa shape index (κ2) is 3.72. The number of aliphatic hydroxyl groups is 1. The standard InChI is InChI=1S/C10H16O/c1-8(2)10-5-3-9(7-11)4-6-10/h3,10-11H,1,4-7H2,2H3/i7D/t7-,10?/m0/s1. The average Bonchev–Trinajstić information content (AvgIpc) is 2.04. The SMILES string of the molecule is [2H][C@H](O)C1=CCC(C(=C)C)CC1. The van der Waals surface area contributed by atoms with Crippen molar-refractivity contribution in [3.8, 4) is 0 Å². The van der Waals surface area contributed by atoms with Crippen molar-refractivity contribution in [3.63, 3.8) is 0 Å². The molecule has 0 aromatic carbocycles. The van der Waals surface area contributed by atoms with Gasteiger partial charge in [-0.1, -0.05) is 18.2 Å². The second-order valence-corrected chi connectivity index (χ2v) is 3.23. The molecule has 0 aliphatic heterocycles. The summed E-state index contributed by atoms with van der Waals surface area (Å²) in [6.45, 7) is 4.95. The zero-order chi connectivity index (χ0) is 9.14. The third-order valence-electron chi connectivity index (χ3n) is 2.31. The van der Waals surface area contributed by atoms with Gasteiger partial charge in [0.1, 0.15) is 0 Å². The third kappa shape index (κ3) is 2.19. The van der Waals surface area contributed by atoms with E-state index >= 15 is 0 Å². The van der Waals surface area contributed by atoms with Gasteiger partial charge in [-0.05, 0) is 37.7 Å². The maximum atomic E-state index is 8.98. The molecule has 1 aliphatic rings. The van der Waals surface area contributed by atoms with E-state index in [9.17, 15) is 0 Å². The molecule has 1 nitrogen and oxygen atoms in total. The summed E-state index contributed by atoms with van der Waals surface area (Å²) in [5, 5.41) is 8.98. The molecular formula is C10H16O. The lowest BCUT2D eigenvalue weighted by Gasteiger charge is -2.20. The van der Waals surface area contributed by atoms with Crippen LogP contribution in [0.25, 0.3) is 0 Å². The molecule has 0 spiro atoms. The molecule has 0 amide bonds. The zero-order valence-corrected chi connectivity index (χ0v) is 7.01. The van der Waals surface area contributed by atoms with Gasteiger partial charge >= 0.3 is 0 Å². The highest BCUT2D eigenvalue weighted by Crippen LogP contribution is 2.27. The topological polar surface area (TPSA) is 20.2 Å². The number of rotatable bonds is 2. The fourth-order valence-corrected chi connectivity index (χ4v) is 1.42. The molecule has 0 saturated carbocycles. The summed E-state index contributed by atoms with van der Waals surface area (Å²) in [5.74, 6) is 0.562. The van der Waals surface area contributed by atoms with E-state index in [2.05, 4.69) is 6.58 Å². The van der Waals surface area contributed by atoms with E-state index < -0.39 is 6.58 Å². The Morgan fingerprint density at radius 3 is 3.09 bits per heavy atom. The minimum Gasteiger partial charge on any atom is -0.392 e. The van der Waals surface area contributed by atoms with Crippen molar-refractivity contribution in [2.24, 2.45) is 5.92 Å². The van der Waals surface area contributed by atoms with Gasteiger partial charge in [0, 0.05) is 0 Å². The smallest absolute Gasteiger partial charge is 0.0641 e. The van der Waals surface area contributed by atoms with Crippen molar-refractivity contribution in [2.45, 2.75) is 26.2 Å². The van der Waals surface area contributed by atoms with Crippen molar-refractivity contribution in [1.82, 2.24) is 0 Å². The maximum Gasteiger partial charge on any atom is 0.0641 e. The van der Waals surface area contributed by atoms with Crippen LogP contribution in [0.2, 0.25) is 0 Å². The summed E-state index contributed by atoms with van der Waals surface area (Å²) >= 11 is 0. The fraction of sp³-hybridized carbons (Fsp3) is 0.600. The normalized spacial score (nSPS) is 28.7. The van der Waals surface area contributed by atoms with E-state index in [1.54, 1.807) is 0 Å². The summed E-state index contributed by atoms with van der Waals surface area (Å²) < 4.78 is 7.11. The lowest BCUT2D eigenvalue weighted by Crippen LogP contribution is -2.07. The van der Waals surface area contributed by atoms with E-state index in [0.717, 1.165) is 24.8 Å². The minimum absolute atomic E-state index is 0.562. The minimum atomic E-state index is -1.00. The van der Waals surface area contributed by atoms with Gasteiger partial charge in [-0.15, -0.1) is 0 Å². The first-order chi connectivity index (χ1) is 5.61.